The Balaban J connectivity index is 1.18. The van der Waals surface area contributed by atoms with E-state index in [2.05, 4.69) is 308 Å². The zero-order valence-electron chi connectivity index (χ0n) is 52.3. The predicted octanol–water partition coefficient (Wildman–Crippen LogP) is 19.8. The van der Waals surface area contributed by atoms with Gasteiger partial charge in [0.25, 0.3) is 6.71 Å². The Morgan fingerprint density at radius 2 is 0.783 bits per heavy atom. The second-order valence-corrected chi connectivity index (χ2v) is 29.9. The first kappa shape index (κ1) is 54.9. The second-order valence-electron chi connectivity index (χ2n) is 29.9. The summed E-state index contributed by atoms with van der Waals surface area (Å²) in [6.07, 6.45) is 4.64. The highest BCUT2D eigenvalue weighted by atomic mass is 15.2. The van der Waals surface area contributed by atoms with Crippen LogP contribution in [0.1, 0.15) is 180 Å². The summed E-state index contributed by atoms with van der Waals surface area (Å²) in [6.45, 7) is 36.7. The lowest BCUT2D eigenvalue weighted by Gasteiger charge is -2.48. The zero-order valence-corrected chi connectivity index (χ0v) is 52.3. The highest BCUT2D eigenvalue weighted by molar-refractivity contribution is 7.00. The van der Waals surface area contributed by atoms with Gasteiger partial charge in [-0.3, -0.25) is 0 Å². The number of hydrogen-bond acceptors (Lipinski definition) is 2. The van der Waals surface area contributed by atoms with Gasteiger partial charge in [0.2, 0.25) is 0 Å². The summed E-state index contributed by atoms with van der Waals surface area (Å²) in [4.78, 5) is 5.45. The van der Waals surface area contributed by atoms with Gasteiger partial charge in [-0.25, -0.2) is 0 Å². The van der Waals surface area contributed by atoms with E-state index < -0.39 is 0 Å². The summed E-state index contributed by atoms with van der Waals surface area (Å²) in [5, 5.41) is 0. The van der Waals surface area contributed by atoms with Crippen molar-refractivity contribution < 1.29 is 0 Å². The van der Waals surface area contributed by atoms with Crippen molar-refractivity contribution in [1.29, 1.82) is 0 Å². The molecule has 9 aromatic carbocycles. The zero-order chi connectivity index (χ0) is 58.4. The number of benzene rings is 9. The Labute approximate surface area is 498 Å². The maximum absolute atomic E-state index is 2.74. The van der Waals surface area contributed by atoms with Gasteiger partial charge in [-0.15, -0.1) is 0 Å². The van der Waals surface area contributed by atoms with Crippen LogP contribution in [0.25, 0.3) is 22.3 Å². The van der Waals surface area contributed by atoms with Crippen molar-refractivity contribution in [1.82, 2.24) is 0 Å². The standard InChI is InChI=1S/C80H85BN2/c1-74(2,3)57-47-71-73-72(48-57)83(68-39-35-55(79(12,13)53-29-21-17-22-30-53)45-61(68)60-34-26-25-33-59(60)52-27-19-16-20-28-52)69-40-36-56(80(14,15)54-31-23-18-24-32-54)46-66(69)81(73)67-50-64-65(78(10,11)44-43-77(64,8)9)51-70(67)82(71)58-37-38-62-63(49-58)76(6,7)42-41-75(62,4)5/h16-40,45-51H,41-44H2,1-15H3. The summed E-state index contributed by atoms with van der Waals surface area (Å²) in [6, 6.07) is 75.6. The van der Waals surface area contributed by atoms with Crippen LogP contribution < -0.4 is 26.2 Å². The third kappa shape index (κ3) is 8.88. The summed E-state index contributed by atoms with van der Waals surface area (Å²) in [5.41, 5.74) is 28.3. The average molecular weight is 1090 g/mol. The van der Waals surface area contributed by atoms with Gasteiger partial charge in [0, 0.05) is 44.8 Å². The molecule has 2 heterocycles. The molecule has 0 unspecified atom stereocenters. The van der Waals surface area contributed by atoms with Crippen molar-refractivity contribution in [2.75, 3.05) is 9.80 Å². The molecule has 2 nitrogen and oxygen atoms in total. The smallest absolute Gasteiger partial charge is 0.252 e. The molecule has 0 aromatic heterocycles. The van der Waals surface area contributed by atoms with E-state index in [0.29, 0.717) is 0 Å². The molecule has 3 heteroatoms. The average Bonchev–Trinajstić information content (AvgIpc) is 2.01. The van der Waals surface area contributed by atoms with Crippen LogP contribution in [0.4, 0.5) is 34.1 Å². The van der Waals surface area contributed by atoms with Gasteiger partial charge in [-0.1, -0.05) is 249 Å². The molecule has 0 bridgehead atoms. The van der Waals surface area contributed by atoms with Crippen molar-refractivity contribution in [3.05, 3.63) is 244 Å². The maximum atomic E-state index is 2.74. The molecule has 9 aromatic rings. The van der Waals surface area contributed by atoms with Crippen LogP contribution in [0.5, 0.6) is 0 Å². The fourth-order valence-corrected chi connectivity index (χ4v) is 15.1. The van der Waals surface area contributed by atoms with Gasteiger partial charge in [0.1, 0.15) is 0 Å². The molecular formula is C80H85BN2. The van der Waals surface area contributed by atoms with Crippen molar-refractivity contribution in [2.45, 2.75) is 167 Å². The lowest BCUT2D eigenvalue weighted by atomic mass is 9.32. The van der Waals surface area contributed by atoms with Crippen LogP contribution in [-0.2, 0) is 37.9 Å². The molecule has 4 aliphatic rings. The first-order valence-corrected chi connectivity index (χ1v) is 31.0. The second kappa shape index (κ2) is 19.1. The van der Waals surface area contributed by atoms with E-state index in [-0.39, 0.29) is 44.6 Å². The molecule has 0 atom stereocenters. The Morgan fingerprint density at radius 3 is 1.35 bits per heavy atom. The molecule has 0 radical (unpaired) electrons. The summed E-state index contributed by atoms with van der Waals surface area (Å²) in [7, 11) is 0. The molecule has 2 aliphatic heterocycles. The van der Waals surface area contributed by atoms with Crippen LogP contribution in [0, 0.1) is 0 Å². The van der Waals surface area contributed by atoms with E-state index in [4.69, 9.17) is 0 Å². The highest BCUT2D eigenvalue weighted by Crippen LogP contribution is 2.55. The molecular weight excluding hydrogens is 1000 g/mol. The van der Waals surface area contributed by atoms with Crippen molar-refractivity contribution in [2.24, 2.45) is 0 Å². The molecule has 13 rings (SSSR count). The highest BCUT2D eigenvalue weighted by Gasteiger charge is 2.48. The van der Waals surface area contributed by atoms with Crippen LogP contribution >= 0.6 is 0 Å². The molecule has 0 spiro atoms. The van der Waals surface area contributed by atoms with Gasteiger partial charge >= 0.3 is 0 Å². The van der Waals surface area contributed by atoms with Gasteiger partial charge in [0.05, 0.1) is 5.69 Å². The molecule has 0 saturated carbocycles. The number of anilines is 6. The maximum Gasteiger partial charge on any atom is 0.252 e. The lowest BCUT2D eigenvalue weighted by molar-refractivity contribution is 0.332. The van der Waals surface area contributed by atoms with Crippen LogP contribution in [-0.4, -0.2) is 6.71 Å². The van der Waals surface area contributed by atoms with E-state index in [0.717, 1.165) is 19.3 Å². The molecule has 0 amide bonds. The molecule has 0 fully saturated rings. The Morgan fingerprint density at radius 1 is 0.325 bits per heavy atom. The lowest BCUT2D eigenvalue weighted by Crippen LogP contribution is -2.62. The topological polar surface area (TPSA) is 6.48 Å². The Hall–Kier alpha value is -7.36. The number of nitrogens with zero attached hydrogens (tertiary/aromatic N) is 2. The fourth-order valence-electron chi connectivity index (χ4n) is 15.1. The summed E-state index contributed by atoms with van der Waals surface area (Å²) < 4.78 is 0. The minimum absolute atomic E-state index is 0.00232. The number of hydrogen-bond donors (Lipinski definition) is 0. The van der Waals surface area contributed by atoms with Crippen LogP contribution in [0.15, 0.2) is 194 Å². The van der Waals surface area contributed by atoms with E-state index in [1.165, 1.54) is 129 Å². The first-order valence-electron chi connectivity index (χ1n) is 31.0. The Kier molecular flexibility index (Phi) is 12.6. The van der Waals surface area contributed by atoms with E-state index in [1.807, 2.05) is 0 Å². The third-order valence-corrected chi connectivity index (χ3v) is 21.0. The van der Waals surface area contributed by atoms with Crippen molar-refractivity contribution >= 4 is 57.2 Å². The van der Waals surface area contributed by atoms with E-state index >= 15 is 0 Å². The minimum Gasteiger partial charge on any atom is -0.311 e. The Bertz CT molecular complexity index is 4020. The quantitative estimate of drug-likeness (QED) is 0.140. The SMILES string of the molecule is CC(C)(C)c1cc2c3c(c1)N(c1ccc(C(C)(C)c4ccccc4)cc1-c1ccccc1-c1ccccc1)c1ccc(C(C)(C)c4ccccc4)cc1B3c1cc3c(cc1N2c1ccc2c(c1)C(C)(C)CCC2(C)C)C(C)(C)CCC3(C)C. The van der Waals surface area contributed by atoms with Crippen LogP contribution in [0.2, 0.25) is 0 Å². The molecule has 83 heavy (non-hydrogen) atoms. The van der Waals surface area contributed by atoms with E-state index in [1.54, 1.807) is 0 Å². The van der Waals surface area contributed by atoms with Gasteiger partial charge in [0.15, 0.2) is 0 Å². The van der Waals surface area contributed by atoms with Crippen molar-refractivity contribution in [3.8, 4) is 22.3 Å². The predicted molar refractivity (Wildman–Crippen MR) is 358 cm³/mol. The number of rotatable bonds is 8. The molecule has 0 N–H and O–H groups in total. The van der Waals surface area contributed by atoms with Gasteiger partial charge in [-0.05, 0) is 184 Å². The summed E-state index contributed by atoms with van der Waals surface area (Å²) in [5.74, 6) is 0. The normalized spacial score (nSPS) is 17.2. The van der Waals surface area contributed by atoms with Crippen molar-refractivity contribution in [3.63, 3.8) is 0 Å². The monoisotopic (exact) mass is 1080 g/mol. The number of fused-ring (bicyclic) bond motifs is 6. The van der Waals surface area contributed by atoms with Gasteiger partial charge < -0.3 is 9.80 Å². The fraction of sp³-hybridized carbons (Fsp3) is 0.325. The van der Waals surface area contributed by atoms with Crippen LogP contribution in [0.3, 0.4) is 0 Å². The molecule has 0 saturated heterocycles. The molecule has 418 valence electrons. The van der Waals surface area contributed by atoms with E-state index in [9.17, 15) is 0 Å². The largest absolute Gasteiger partial charge is 0.311 e. The van der Waals surface area contributed by atoms with Gasteiger partial charge in [-0.2, -0.15) is 0 Å². The molecule has 2 aliphatic carbocycles. The first-order chi connectivity index (χ1) is 39.3. The summed E-state index contributed by atoms with van der Waals surface area (Å²) >= 11 is 0. The minimum atomic E-state index is -0.283. The third-order valence-electron chi connectivity index (χ3n) is 21.0.